The second kappa shape index (κ2) is 3.60. The Morgan fingerprint density at radius 1 is 1.17 bits per heavy atom. The minimum absolute atomic E-state index is 0.0116. The predicted molar refractivity (Wildman–Crippen MR) is 53.5 cm³/mol. The van der Waals surface area contributed by atoms with Crippen LogP contribution < -0.4 is 5.30 Å². The van der Waals surface area contributed by atoms with Crippen molar-refractivity contribution in [1.29, 1.82) is 0 Å². The molecule has 0 saturated heterocycles. The first-order chi connectivity index (χ1) is 5.41. The highest BCUT2D eigenvalue weighted by Gasteiger charge is 2.17. The zero-order chi connectivity index (χ0) is 9.35. The van der Waals surface area contributed by atoms with Crippen LogP contribution in [0.15, 0.2) is 27.1 Å². The van der Waals surface area contributed by atoms with Crippen LogP contribution in [0.5, 0.6) is 0 Å². The van der Waals surface area contributed by atoms with Gasteiger partial charge in [-0.15, -0.1) is 0 Å². The van der Waals surface area contributed by atoms with Crippen molar-refractivity contribution >= 4 is 44.8 Å². The monoisotopic (exact) mass is 314 g/mol. The second-order valence-electron chi connectivity index (χ2n) is 2.14. The fraction of sp³-hybridized carbons (Fsp3) is 0. The predicted octanol–water partition coefficient (Wildman–Crippen LogP) is 2.01. The zero-order valence-electron chi connectivity index (χ0n) is 5.74. The van der Waals surface area contributed by atoms with Gasteiger partial charge in [-0.25, -0.2) is 0 Å². The van der Waals surface area contributed by atoms with Gasteiger partial charge in [-0.2, -0.15) is 0 Å². The molecule has 0 fully saturated rings. The van der Waals surface area contributed by atoms with Crippen LogP contribution in [0, 0.1) is 0 Å². The molecule has 0 aliphatic carbocycles. The smallest absolute Gasteiger partial charge is 0.321 e. The molecular formula is C6H5Br2O3P. The maximum Gasteiger partial charge on any atom is 0.356 e. The Balaban J connectivity index is 3.23. The zero-order valence-corrected chi connectivity index (χ0v) is 9.80. The lowest BCUT2D eigenvalue weighted by atomic mass is 10.4. The number of rotatable bonds is 1. The van der Waals surface area contributed by atoms with E-state index in [0.29, 0.717) is 4.47 Å². The highest BCUT2D eigenvalue weighted by atomic mass is 79.9. The summed E-state index contributed by atoms with van der Waals surface area (Å²) in [4.78, 5) is 17.6. The molecule has 0 saturated carbocycles. The minimum Gasteiger partial charge on any atom is -0.321 e. The molecule has 0 spiro atoms. The average molecular weight is 316 g/mol. The SMILES string of the molecule is O=P(O)(O)c1ccc(Br)c(Br)c1. The van der Waals surface area contributed by atoms with Crippen LogP contribution in [0.1, 0.15) is 0 Å². The summed E-state index contributed by atoms with van der Waals surface area (Å²) < 4.78 is 12.1. The average Bonchev–Trinajstić information content (AvgIpc) is 1.92. The van der Waals surface area contributed by atoms with Gasteiger partial charge < -0.3 is 9.79 Å². The molecule has 1 aromatic rings. The molecule has 1 aromatic carbocycles. The maximum atomic E-state index is 10.8. The molecule has 12 heavy (non-hydrogen) atoms. The molecule has 0 aromatic heterocycles. The third-order valence-electron chi connectivity index (χ3n) is 1.24. The molecule has 0 aliphatic heterocycles. The van der Waals surface area contributed by atoms with Crippen LogP contribution in [-0.2, 0) is 4.57 Å². The van der Waals surface area contributed by atoms with Crippen LogP contribution in [-0.4, -0.2) is 9.79 Å². The molecule has 2 N–H and O–H groups in total. The van der Waals surface area contributed by atoms with E-state index in [-0.39, 0.29) is 5.30 Å². The number of halogens is 2. The Hall–Kier alpha value is 0.330. The van der Waals surface area contributed by atoms with Gasteiger partial charge in [0.05, 0.1) is 5.30 Å². The molecule has 6 heteroatoms. The second-order valence-corrected chi connectivity index (χ2v) is 5.46. The van der Waals surface area contributed by atoms with Crippen molar-refractivity contribution < 1.29 is 14.4 Å². The van der Waals surface area contributed by atoms with Gasteiger partial charge in [-0.3, -0.25) is 4.57 Å². The Morgan fingerprint density at radius 3 is 2.17 bits per heavy atom. The molecule has 0 heterocycles. The van der Waals surface area contributed by atoms with Gasteiger partial charge in [-0.1, -0.05) is 0 Å². The Bertz CT molecular complexity index is 347. The Labute approximate surface area is 86.2 Å². The van der Waals surface area contributed by atoms with E-state index in [2.05, 4.69) is 31.9 Å². The van der Waals surface area contributed by atoms with Crippen molar-refractivity contribution in [1.82, 2.24) is 0 Å². The quantitative estimate of drug-likeness (QED) is 0.780. The van der Waals surface area contributed by atoms with E-state index < -0.39 is 7.60 Å². The van der Waals surface area contributed by atoms with Gasteiger partial charge in [0.2, 0.25) is 0 Å². The standard InChI is InChI=1S/C6H5Br2O3P/c7-5-2-1-4(3-6(5)8)12(9,10)11/h1-3H,(H2,9,10,11). The van der Waals surface area contributed by atoms with E-state index >= 15 is 0 Å². The van der Waals surface area contributed by atoms with Crippen LogP contribution in [0.2, 0.25) is 0 Å². The lowest BCUT2D eigenvalue weighted by Crippen LogP contribution is -2.02. The number of benzene rings is 1. The lowest BCUT2D eigenvalue weighted by Gasteiger charge is -2.04. The van der Waals surface area contributed by atoms with Crippen LogP contribution in [0.4, 0.5) is 0 Å². The van der Waals surface area contributed by atoms with Crippen molar-refractivity contribution in [3.63, 3.8) is 0 Å². The van der Waals surface area contributed by atoms with Gasteiger partial charge in [0.15, 0.2) is 0 Å². The van der Waals surface area contributed by atoms with Crippen molar-refractivity contribution in [3.8, 4) is 0 Å². The highest BCUT2D eigenvalue weighted by molar-refractivity contribution is 9.13. The Morgan fingerprint density at radius 2 is 1.75 bits per heavy atom. The summed E-state index contributed by atoms with van der Waals surface area (Å²) in [6.07, 6.45) is 0. The lowest BCUT2D eigenvalue weighted by molar-refractivity contribution is 0.387. The molecule has 3 nitrogen and oxygen atoms in total. The largest absolute Gasteiger partial charge is 0.356 e. The Kier molecular flexibility index (Phi) is 3.12. The molecule has 0 radical (unpaired) electrons. The topological polar surface area (TPSA) is 57.5 Å². The first kappa shape index (κ1) is 10.4. The molecule has 66 valence electrons. The van der Waals surface area contributed by atoms with Gasteiger partial charge in [0.25, 0.3) is 0 Å². The molecule has 0 atom stereocenters. The summed E-state index contributed by atoms with van der Waals surface area (Å²) >= 11 is 6.34. The maximum absolute atomic E-state index is 10.8. The van der Waals surface area contributed by atoms with Crippen molar-refractivity contribution in [2.45, 2.75) is 0 Å². The molecule has 0 amide bonds. The molecule has 0 unspecified atom stereocenters. The van der Waals surface area contributed by atoms with Crippen LogP contribution in [0.3, 0.4) is 0 Å². The highest BCUT2D eigenvalue weighted by Crippen LogP contribution is 2.35. The third-order valence-corrected chi connectivity index (χ3v) is 4.07. The fourth-order valence-corrected chi connectivity index (χ4v) is 2.03. The normalized spacial score (nSPS) is 11.7. The van der Waals surface area contributed by atoms with Gasteiger partial charge in [0.1, 0.15) is 0 Å². The molecule has 1 rings (SSSR count). The van der Waals surface area contributed by atoms with Crippen LogP contribution in [0.25, 0.3) is 0 Å². The summed E-state index contributed by atoms with van der Waals surface area (Å²) in [5.74, 6) is 0. The van der Waals surface area contributed by atoms with Crippen molar-refractivity contribution in [2.75, 3.05) is 0 Å². The van der Waals surface area contributed by atoms with Gasteiger partial charge in [0, 0.05) is 8.95 Å². The van der Waals surface area contributed by atoms with Gasteiger partial charge >= 0.3 is 7.60 Å². The molecule has 0 aliphatic rings. The van der Waals surface area contributed by atoms with E-state index in [1.54, 1.807) is 6.07 Å². The summed E-state index contributed by atoms with van der Waals surface area (Å²) in [7, 11) is -4.12. The number of hydrogen-bond acceptors (Lipinski definition) is 1. The van der Waals surface area contributed by atoms with Gasteiger partial charge in [-0.05, 0) is 50.1 Å². The van der Waals surface area contributed by atoms with Crippen molar-refractivity contribution in [2.24, 2.45) is 0 Å². The third kappa shape index (κ3) is 2.41. The summed E-state index contributed by atoms with van der Waals surface area (Å²) in [5.41, 5.74) is 0. The van der Waals surface area contributed by atoms with E-state index in [1.165, 1.54) is 12.1 Å². The first-order valence-corrected chi connectivity index (χ1v) is 6.12. The summed E-state index contributed by atoms with van der Waals surface area (Å²) in [6.45, 7) is 0. The minimum atomic E-state index is -4.12. The van der Waals surface area contributed by atoms with Crippen molar-refractivity contribution in [3.05, 3.63) is 27.1 Å². The summed E-state index contributed by atoms with van der Waals surface area (Å²) in [5, 5.41) is 0.0116. The first-order valence-electron chi connectivity index (χ1n) is 2.92. The van der Waals surface area contributed by atoms with E-state index in [4.69, 9.17) is 9.79 Å². The van der Waals surface area contributed by atoms with Crippen LogP contribution >= 0.6 is 39.5 Å². The fourth-order valence-electron chi connectivity index (χ4n) is 0.666. The van der Waals surface area contributed by atoms with E-state index in [1.807, 2.05) is 0 Å². The molecule has 0 bridgehead atoms. The van der Waals surface area contributed by atoms with E-state index in [9.17, 15) is 4.57 Å². The van der Waals surface area contributed by atoms with E-state index in [0.717, 1.165) is 4.47 Å². The molecular weight excluding hydrogens is 311 g/mol. The number of hydrogen-bond donors (Lipinski definition) is 2. The summed E-state index contributed by atoms with van der Waals surface area (Å²) in [6, 6.07) is 4.36.